The van der Waals surface area contributed by atoms with Crippen LogP contribution in [0.25, 0.3) is 0 Å². The van der Waals surface area contributed by atoms with E-state index in [9.17, 15) is 4.39 Å². The van der Waals surface area contributed by atoms with E-state index in [1.807, 2.05) is 24.3 Å². The lowest BCUT2D eigenvalue weighted by Crippen LogP contribution is -2.05. The minimum absolute atomic E-state index is 0.299. The highest BCUT2D eigenvalue weighted by molar-refractivity contribution is 9.10. The van der Waals surface area contributed by atoms with Crippen LogP contribution in [0.4, 0.5) is 4.39 Å². The molecule has 0 unspecified atom stereocenters. The SMILES string of the molecule is NCc1ccc(OCCCOc2ccc(F)c(Br)c2)cc1. The van der Waals surface area contributed by atoms with Crippen LogP contribution in [-0.2, 0) is 6.54 Å². The minimum atomic E-state index is -0.299. The van der Waals surface area contributed by atoms with Crippen molar-refractivity contribution >= 4 is 15.9 Å². The Bertz CT molecular complexity index is 575. The molecule has 0 atom stereocenters. The topological polar surface area (TPSA) is 44.5 Å². The van der Waals surface area contributed by atoms with Gasteiger partial charge < -0.3 is 15.2 Å². The Morgan fingerprint density at radius 3 is 2.19 bits per heavy atom. The normalized spacial score (nSPS) is 10.4. The lowest BCUT2D eigenvalue weighted by Gasteiger charge is -2.09. The third-order valence-corrected chi connectivity index (χ3v) is 3.48. The van der Waals surface area contributed by atoms with Crippen LogP contribution in [0, 0.1) is 5.82 Å². The van der Waals surface area contributed by atoms with E-state index < -0.39 is 0 Å². The van der Waals surface area contributed by atoms with E-state index in [0.717, 1.165) is 17.7 Å². The molecule has 0 saturated carbocycles. The Morgan fingerprint density at radius 2 is 1.57 bits per heavy atom. The number of halogens is 2. The van der Waals surface area contributed by atoms with E-state index >= 15 is 0 Å². The summed E-state index contributed by atoms with van der Waals surface area (Å²) in [6, 6.07) is 12.3. The number of benzene rings is 2. The van der Waals surface area contributed by atoms with E-state index in [1.54, 1.807) is 12.1 Å². The van der Waals surface area contributed by atoms with Crippen molar-refractivity contribution in [3.8, 4) is 11.5 Å². The average molecular weight is 354 g/mol. The molecular formula is C16H17BrFNO2. The van der Waals surface area contributed by atoms with Crippen molar-refractivity contribution in [3.05, 3.63) is 58.3 Å². The third-order valence-electron chi connectivity index (χ3n) is 2.88. The highest BCUT2D eigenvalue weighted by atomic mass is 79.9. The molecule has 0 bridgehead atoms. The number of hydrogen-bond donors (Lipinski definition) is 1. The standard InChI is InChI=1S/C16H17BrFNO2/c17-15-10-14(6-7-16(15)18)21-9-1-8-20-13-4-2-12(11-19)3-5-13/h2-7,10H,1,8-9,11,19H2. The second-order valence-corrected chi connectivity index (χ2v) is 5.33. The fraction of sp³-hybridized carbons (Fsp3) is 0.250. The summed E-state index contributed by atoms with van der Waals surface area (Å²) in [6.45, 7) is 1.60. The molecule has 2 rings (SSSR count). The lowest BCUT2D eigenvalue weighted by atomic mass is 10.2. The smallest absolute Gasteiger partial charge is 0.137 e. The van der Waals surface area contributed by atoms with Gasteiger partial charge in [0.2, 0.25) is 0 Å². The van der Waals surface area contributed by atoms with Gasteiger partial charge in [-0.15, -0.1) is 0 Å². The Labute approximate surface area is 132 Å². The molecule has 2 aromatic rings. The molecule has 0 aliphatic rings. The second kappa shape index (κ2) is 8.00. The first kappa shape index (κ1) is 15.8. The molecule has 5 heteroatoms. The van der Waals surface area contributed by atoms with Crippen molar-refractivity contribution in [2.75, 3.05) is 13.2 Å². The molecule has 21 heavy (non-hydrogen) atoms. The summed E-state index contributed by atoms with van der Waals surface area (Å²) in [5.41, 5.74) is 6.61. The predicted octanol–water partition coefficient (Wildman–Crippen LogP) is 3.89. The number of nitrogens with two attached hydrogens (primary N) is 1. The lowest BCUT2D eigenvalue weighted by molar-refractivity contribution is 0.247. The van der Waals surface area contributed by atoms with Crippen LogP contribution >= 0.6 is 15.9 Å². The molecule has 0 aromatic heterocycles. The third kappa shape index (κ3) is 5.02. The molecule has 2 aromatic carbocycles. The largest absolute Gasteiger partial charge is 0.493 e. The monoisotopic (exact) mass is 353 g/mol. The molecule has 3 nitrogen and oxygen atoms in total. The maximum atomic E-state index is 13.1. The van der Waals surface area contributed by atoms with Gasteiger partial charge in [0, 0.05) is 13.0 Å². The molecule has 0 aliphatic heterocycles. The zero-order chi connectivity index (χ0) is 15.1. The van der Waals surface area contributed by atoms with E-state index in [0.29, 0.717) is 30.0 Å². The van der Waals surface area contributed by atoms with Gasteiger partial charge in [0.25, 0.3) is 0 Å². The fourth-order valence-corrected chi connectivity index (χ4v) is 2.09. The van der Waals surface area contributed by atoms with E-state index in [1.165, 1.54) is 6.07 Å². The Balaban J connectivity index is 1.68. The molecule has 112 valence electrons. The Kier molecular flexibility index (Phi) is 6.02. The first-order valence-electron chi connectivity index (χ1n) is 6.68. The van der Waals surface area contributed by atoms with Gasteiger partial charge in [0.15, 0.2) is 0 Å². The first-order chi connectivity index (χ1) is 10.2. The van der Waals surface area contributed by atoms with Gasteiger partial charge in [-0.1, -0.05) is 12.1 Å². The van der Waals surface area contributed by atoms with Crippen molar-refractivity contribution in [1.82, 2.24) is 0 Å². The number of rotatable bonds is 7. The quantitative estimate of drug-likeness (QED) is 0.767. The summed E-state index contributed by atoms with van der Waals surface area (Å²) in [4.78, 5) is 0. The minimum Gasteiger partial charge on any atom is -0.493 e. The molecule has 0 saturated heterocycles. The van der Waals surface area contributed by atoms with Gasteiger partial charge in [0.05, 0.1) is 17.7 Å². The maximum absolute atomic E-state index is 13.1. The molecule has 2 N–H and O–H groups in total. The molecule has 0 fully saturated rings. The second-order valence-electron chi connectivity index (χ2n) is 4.47. The van der Waals surface area contributed by atoms with E-state index in [4.69, 9.17) is 15.2 Å². The summed E-state index contributed by atoms with van der Waals surface area (Å²) in [6.07, 6.45) is 0.744. The summed E-state index contributed by atoms with van der Waals surface area (Å²) < 4.78 is 24.6. The zero-order valence-electron chi connectivity index (χ0n) is 11.5. The summed E-state index contributed by atoms with van der Waals surface area (Å²) in [5, 5.41) is 0. The van der Waals surface area contributed by atoms with E-state index in [-0.39, 0.29) is 5.82 Å². The first-order valence-corrected chi connectivity index (χ1v) is 7.48. The van der Waals surface area contributed by atoms with Crippen molar-refractivity contribution in [1.29, 1.82) is 0 Å². The summed E-state index contributed by atoms with van der Waals surface area (Å²) in [5.74, 6) is 1.15. The van der Waals surface area contributed by atoms with Gasteiger partial charge in [-0.05, 0) is 51.8 Å². The number of ether oxygens (including phenoxy) is 2. The van der Waals surface area contributed by atoms with Gasteiger partial charge in [-0.3, -0.25) is 0 Å². The van der Waals surface area contributed by atoms with Crippen molar-refractivity contribution < 1.29 is 13.9 Å². The van der Waals surface area contributed by atoms with Gasteiger partial charge in [-0.25, -0.2) is 4.39 Å². The Morgan fingerprint density at radius 1 is 0.952 bits per heavy atom. The Hall–Kier alpha value is -1.59. The zero-order valence-corrected chi connectivity index (χ0v) is 13.1. The predicted molar refractivity (Wildman–Crippen MR) is 84.0 cm³/mol. The maximum Gasteiger partial charge on any atom is 0.137 e. The van der Waals surface area contributed by atoms with Gasteiger partial charge in [-0.2, -0.15) is 0 Å². The molecule has 0 radical (unpaired) electrons. The molecule has 0 spiro atoms. The van der Waals surface area contributed by atoms with Crippen molar-refractivity contribution in [3.63, 3.8) is 0 Å². The molecular weight excluding hydrogens is 337 g/mol. The van der Waals surface area contributed by atoms with Crippen LogP contribution < -0.4 is 15.2 Å². The van der Waals surface area contributed by atoms with Crippen LogP contribution in [0.2, 0.25) is 0 Å². The highest BCUT2D eigenvalue weighted by Gasteiger charge is 2.01. The summed E-state index contributed by atoms with van der Waals surface area (Å²) >= 11 is 3.12. The van der Waals surface area contributed by atoms with Gasteiger partial charge >= 0.3 is 0 Å². The van der Waals surface area contributed by atoms with Gasteiger partial charge in [0.1, 0.15) is 17.3 Å². The average Bonchev–Trinajstić information content (AvgIpc) is 2.51. The van der Waals surface area contributed by atoms with Crippen LogP contribution in [0.1, 0.15) is 12.0 Å². The van der Waals surface area contributed by atoms with Crippen molar-refractivity contribution in [2.45, 2.75) is 13.0 Å². The highest BCUT2D eigenvalue weighted by Crippen LogP contribution is 2.21. The summed E-state index contributed by atoms with van der Waals surface area (Å²) in [7, 11) is 0. The van der Waals surface area contributed by atoms with Crippen LogP contribution in [0.3, 0.4) is 0 Å². The van der Waals surface area contributed by atoms with Crippen LogP contribution in [0.15, 0.2) is 46.9 Å². The molecule has 0 heterocycles. The fourth-order valence-electron chi connectivity index (χ4n) is 1.73. The van der Waals surface area contributed by atoms with Crippen molar-refractivity contribution in [2.24, 2.45) is 5.73 Å². The molecule has 0 aliphatic carbocycles. The van der Waals surface area contributed by atoms with Crippen LogP contribution in [-0.4, -0.2) is 13.2 Å². The number of hydrogen-bond acceptors (Lipinski definition) is 3. The molecule has 0 amide bonds. The van der Waals surface area contributed by atoms with E-state index in [2.05, 4.69) is 15.9 Å². The van der Waals surface area contributed by atoms with Crippen LogP contribution in [0.5, 0.6) is 11.5 Å².